The second kappa shape index (κ2) is 4.33. The Morgan fingerprint density at radius 2 is 1.69 bits per heavy atom. The number of rotatable bonds is 2. The molecule has 2 nitrogen and oxygen atoms in total. The topological polar surface area (TPSA) is 46.2 Å². The van der Waals surface area contributed by atoms with Crippen LogP contribution in [0, 0.1) is 13.8 Å². The standard InChI is InChI=1S/C11H14F3NO/c1-6-3-8(4-7(2)10(6)16)9(15)5-11(12,13)14/h3-4,9,16H,5,15H2,1-2H3/t9-/m1/s1. The third-order valence-electron chi connectivity index (χ3n) is 2.39. The van der Waals surface area contributed by atoms with Crippen molar-refractivity contribution in [2.24, 2.45) is 5.73 Å². The number of alkyl halides is 3. The molecule has 1 aromatic rings. The van der Waals surface area contributed by atoms with Crippen molar-refractivity contribution in [1.29, 1.82) is 0 Å². The molecule has 1 aromatic carbocycles. The van der Waals surface area contributed by atoms with Crippen molar-refractivity contribution in [3.05, 3.63) is 28.8 Å². The van der Waals surface area contributed by atoms with Crippen LogP contribution in [-0.2, 0) is 0 Å². The Bertz CT molecular complexity index is 364. The van der Waals surface area contributed by atoms with Gasteiger partial charge in [0, 0.05) is 6.04 Å². The predicted molar refractivity (Wildman–Crippen MR) is 55.2 cm³/mol. The Morgan fingerprint density at radius 1 is 1.25 bits per heavy atom. The summed E-state index contributed by atoms with van der Waals surface area (Å²) in [6.45, 7) is 3.26. The van der Waals surface area contributed by atoms with Crippen molar-refractivity contribution in [2.75, 3.05) is 0 Å². The molecule has 0 aliphatic rings. The molecule has 16 heavy (non-hydrogen) atoms. The first-order valence-electron chi connectivity index (χ1n) is 4.83. The van der Waals surface area contributed by atoms with Crippen LogP contribution < -0.4 is 5.73 Å². The van der Waals surface area contributed by atoms with Crippen LogP contribution in [-0.4, -0.2) is 11.3 Å². The Morgan fingerprint density at radius 3 is 2.06 bits per heavy atom. The van der Waals surface area contributed by atoms with Gasteiger partial charge in [-0.3, -0.25) is 0 Å². The van der Waals surface area contributed by atoms with Crippen LogP contribution >= 0.6 is 0 Å². The molecule has 1 rings (SSSR count). The normalized spacial score (nSPS) is 13.9. The summed E-state index contributed by atoms with van der Waals surface area (Å²) in [6.07, 6.45) is -5.34. The third-order valence-corrected chi connectivity index (χ3v) is 2.39. The third kappa shape index (κ3) is 3.13. The van der Waals surface area contributed by atoms with Crippen LogP contribution in [0.5, 0.6) is 5.75 Å². The lowest BCUT2D eigenvalue weighted by molar-refractivity contribution is -0.138. The van der Waals surface area contributed by atoms with Crippen molar-refractivity contribution < 1.29 is 18.3 Å². The Balaban J connectivity index is 2.97. The quantitative estimate of drug-likeness (QED) is 0.824. The van der Waals surface area contributed by atoms with Crippen molar-refractivity contribution in [3.8, 4) is 5.75 Å². The van der Waals surface area contributed by atoms with E-state index in [2.05, 4.69) is 0 Å². The number of hydrogen-bond acceptors (Lipinski definition) is 2. The molecule has 0 aliphatic carbocycles. The molecule has 0 spiro atoms. The van der Waals surface area contributed by atoms with E-state index >= 15 is 0 Å². The van der Waals surface area contributed by atoms with Gasteiger partial charge in [0.1, 0.15) is 5.75 Å². The predicted octanol–water partition coefficient (Wildman–Crippen LogP) is 2.96. The molecule has 0 radical (unpaired) electrons. The molecular weight excluding hydrogens is 219 g/mol. The fourth-order valence-electron chi connectivity index (χ4n) is 1.57. The maximum absolute atomic E-state index is 12.1. The summed E-state index contributed by atoms with van der Waals surface area (Å²) in [5.74, 6) is 0.1000. The van der Waals surface area contributed by atoms with E-state index in [1.54, 1.807) is 13.8 Å². The van der Waals surface area contributed by atoms with Gasteiger partial charge >= 0.3 is 6.18 Å². The number of aryl methyl sites for hydroxylation is 2. The molecule has 0 unspecified atom stereocenters. The number of benzene rings is 1. The van der Waals surface area contributed by atoms with Crippen LogP contribution in [0.3, 0.4) is 0 Å². The van der Waals surface area contributed by atoms with Crippen molar-refractivity contribution >= 4 is 0 Å². The number of phenolic OH excluding ortho intramolecular Hbond substituents is 1. The highest BCUT2D eigenvalue weighted by Crippen LogP contribution is 2.31. The molecule has 0 saturated heterocycles. The van der Waals surface area contributed by atoms with Crippen LogP contribution in [0.2, 0.25) is 0 Å². The maximum atomic E-state index is 12.1. The molecule has 0 bridgehead atoms. The fraction of sp³-hybridized carbons (Fsp3) is 0.455. The first-order valence-corrected chi connectivity index (χ1v) is 4.83. The number of nitrogens with two attached hydrogens (primary N) is 1. The van der Waals surface area contributed by atoms with Gasteiger partial charge in [0.15, 0.2) is 0 Å². The van der Waals surface area contributed by atoms with Crippen molar-refractivity contribution in [1.82, 2.24) is 0 Å². The van der Waals surface area contributed by atoms with E-state index in [9.17, 15) is 18.3 Å². The lowest BCUT2D eigenvalue weighted by atomic mass is 9.99. The van der Waals surface area contributed by atoms with Gasteiger partial charge in [-0.15, -0.1) is 0 Å². The van der Waals surface area contributed by atoms with Gasteiger partial charge in [-0.25, -0.2) is 0 Å². The van der Waals surface area contributed by atoms with Crippen LogP contribution in [0.1, 0.15) is 29.2 Å². The van der Waals surface area contributed by atoms with Gasteiger partial charge in [0.2, 0.25) is 0 Å². The summed E-state index contributed by atoms with van der Waals surface area (Å²) in [7, 11) is 0. The fourth-order valence-corrected chi connectivity index (χ4v) is 1.57. The highest BCUT2D eigenvalue weighted by molar-refractivity contribution is 5.43. The van der Waals surface area contributed by atoms with E-state index in [1.807, 2.05) is 0 Å². The zero-order valence-electron chi connectivity index (χ0n) is 9.10. The van der Waals surface area contributed by atoms with Crippen LogP contribution in [0.4, 0.5) is 13.2 Å². The van der Waals surface area contributed by atoms with E-state index < -0.39 is 18.6 Å². The molecule has 0 saturated carbocycles. The lowest BCUT2D eigenvalue weighted by Gasteiger charge is -2.16. The smallest absolute Gasteiger partial charge is 0.390 e. The summed E-state index contributed by atoms with van der Waals surface area (Å²) < 4.78 is 36.4. The highest BCUT2D eigenvalue weighted by Gasteiger charge is 2.31. The monoisotopic (exact) mass is 233 g/mol. The summed E-state index contributed by atoms with van der Waals surface area (Å²) in [6, 6.07) is 1.88. The molecular formula is C11H14F3NO. The van der Waals surface area contributed by atoms with Crippen LogP contribution in [0.15, 0.2) is 12.1 Å². The Kier molecular flexibility index (Phi) is 3.48. The first-order chi connectivity index (χ1) is 7.20. The van der Waals surface area contributed by atoms with E-state index in [0.717, 1.165) is 0 Å². The maximum Gasteiger partial charge on any atom is 0.390 e. The average molecular weight is 233 g/mol. The Labute approximate surface area is 91.9 Å². The number of aromatic hydroxyl groups is 1. The summed E-state index contributed by atoms with van der Waals surface area (Å²) >= 11 is 0. The van der Waals surface area contributed by atoms with Gasteiger partial charge in [-0.1, -0.05) is 12.1 Å². The van der Waals surface area contributed by atoms with Gasteiger partial charge in [0.25, 0.3) is 0 Å². The molecule has 90 valence electrons. The van der Waals surface area contributed by atoms with Gasteiger partial charge < -0.3 is 10.8 Å². The molecule has 1 atom stereocenters. The van der Waals surface area contributed by atoms with E-state index in [-0.39, 0.29) is 5.75 Å². The second-order valence-corrected chi connectivity index (χ2v) is 3.93. The van der Waals surface area contributed by atoms with Gasteiger partial charge in [-0.2, -0.15) is 13.2 Å². The zero-order chi connectivity index (χ0) is 12.5. The minimum absolute atomic E-state index is 0.1000. The summed E-state index contributed by atoms with van der Waals surface area (Å²) in [5.41, 5.74) is 6.93. The minimum Gasteiger partial charge on any atom is -0.507 e. The molecule has 0 heterocycles. The van der Waals surface area contributed by atoms with Gasteiger partial charge in [-0.05, 0) is 30.5 Å². The average Bonchev–Trinajstić information content (AvgIpc) is 2.10. The molecule has 0 amide bonds. The summed E-state index contributed by atoms with van der Waals surface area (Å²) in [4.78, 5) is 0. The zero-order valence-corrected chi connectivity index (χ0v) is 9.10. The minimum atomic E-state index is -4.28. The molecule has 5 heteroatoms. The number of halogens is 3. The first kappa shape index (κ1) is 12.8. The largest absolute Gasteiger partial charge is 0.507 e. The number of hydrogen-bond donors (Lipinski definition) is 2. The summed E-state index contributed by atoms with van der Waals surface area (Å²) in [5, 5.41) is 9.48. The molecule has 0 fully saturated rings. The van der Waals surface area contributed by atoms with E-state index in [0.29, 0.717) is 16.7 Å². The number of phenols is 1. The Hall–Kier alpha value is -1.23. The van der Waals surface area contributed by atoms with Crippen molar-refractivity contribution in [2.45, 2.75) is 32.5 Å². The van der Waals surface area contributed by atoms with E-state index in [1.165, 1.54) is 12.1 Å². The van der Waals surface area contributed by atoms with Gasteiger partial charge in [0.05, 0.1) is 6.42 Å². The molecule has 0 aromatic heterocycles. The van der Waals surface area contributed by atoms with Crippen LogP contribution in [0.25, 0.3) is 0 Å². The second-order valence-electron chi connectivity index (χ2n) is 3.93. The highest BCUT2D eigenvalue weighted by atomic mass is 19.4. The van der Waals surface area contributed by atoms with E-state index in [4.69, 9.17) is 5.73 Å². The lowest BCUT2D eigenvalue weighted by Crippen LogP contribution is -2.20. The molecule has 3 N–H and O–H groups in total. The SMILES string of the molecule is Cc1cc([C@H](N)CC(F)(F)F)cc(C)c1O. The van der Waals surface area contributed by atoms with Crippen molar-refractivity contribution in [3.63, 3.8) is 0 Å². The molecule has 0 aliphatic heterocycles.